The zero-order valence-electron chi connectivity index (χ0n) is 16.2. The summed E-state index contributed by atoms with van der Waals surface area (Å²) in [6.45, 7) is 5.66. The number of anilines is 1. The molecule has 0 unspecified atom stereocenters. The summed E-state index contributed by atoms with van der Waals surface area (Å²) in [6.07, 6.45) is 0.0121. The standard InChI is InChI=1S/C23H22N2O3/c1-4-18-10-12-19(13-11-18)14-15-21-22(16(2)25-28-21)24-23(26)27-17(3)20-8-6-5-7-9-20/h5-13,17H,4H2,1-3H3,(H,24,26)/t17-/m1/s1. The number of amides is 1. The van der Waals surface area contributed by atoms with E-state index in [-0.39, 0.29) is 6.10 Å². The second-order valence-electron chi connectivity index (χ2n) is 6.36. The largest absolute Gasteiger partial charge is 0.441 e. The maximum absolute atomic E-state index is 12.3. The Morgan fingerprint density at radius 1 is 1.14 bits per heavy atom. The SMILES string of the molecule is CCc1ccc(C#Cc2onc(C)c2NC(=O)O[C@H](C)c2ccccc2)cc1. The van der Waals surface area contributed by atoms with Crippen LogP contribution < -0.4 is 5.32 Å². The molecule has 0 spiro atoms. The van der Waals surface area contributed by atoms with Gasteiger partial charge in [0.25, 0.3) is 0 Å². The lowest BCUT2D eigenvalue weighted by Crippen LogP contribution is -2.16. The van der Waals surface area contributed by atoms with Crippen LogP contribution in [0, 0.1) is 18.8 Å². The zero-order chi connectivity index (χ0) is 19.9. The van der Waals surface area contributed by atoms with E-state index in [4.69, 9.17) is 9.26 Å². The van der Waals surface area contributed by atoms with Gasteiger partial charge in [-0.3, -0.25) is 5.32 Å². The molecule has 0 radical (unpaired) electrons. The van der Waals surface area contributed by atoms with Crippen LogP contribution in [-0.2, 0) is 11.2 Å². The van der Waals surface area contributed by atoms with Crippen LogP contribution in [0.15, 0.2) is 59.1 Å². The first-order valence-corrected chi connectivity index (χ1v) is 9.16. The van der Waals surface area contributed by atoms with Crippen LogP contribution in [0.1, 0.15) is 48.1 Å². The third kappa shape index (κ3) is 4.80. The minimum atomic E-state index is -0.585. The first-order valence-electron chi connectivity index (χ1n) is 9.16. The van der Waals surface area contributed by atoms with Crippen molar-refractivity contribution in [3.8, 4) is 11.8 Å². The van der Waals surface area contributed by atoms with Crippen LogP contribution >= 0.6 is 0 Å². The summed E-state index contributed by atoms with van der Waals surface area (Å²) in [5.74, 6) is 6.25. The van der Waals surface area contributed by atoms with Crippen LogP contribution in [-0.4, -0.2) is 11.2 Å². The number of carbonyl (C=O) groups excluding carboxylic acids is 1. The van der Waals surface area contributed by atoms with Gasteiger partial charge >= 0.3 is 6.09 Å². The quantitative estimate of drug-likeness (QED) is 0.633. The van der Waals surface area contributed by atoms with E-state index in [1.165, 1.54) is 5.56 Å². The van der Waals surface area contributed by atoms with Crippen molar-refractivity contribution < 1.29 is 14.1 Å². The van der Waals surface area contributed by atoms with Gasteiger partial charge in [-0.15, -0.1) is 0 Å². The van der Waals surface area contributed by atoms with Gasteiger partial charge in [0.05, 0.1) is 0 Å². The highest BCUT2D eigenvalue weighted by Gasteiger charge is 2.17. The number of hydrogen-bond acceptors (Lipinski definition) is 4. The lowest BCUT2D eigenvalue weighted by atomic mass is 10.1. The molecule has 1 atom stereocenters. The monoisotopic (exact) mass is 374 g/mol. The summed E-state index contributed by atoms with van der Waals surface area (Å²) in [4.78, 5) is 12.3. The van der Waals surface area contributed by atoms with Crippen LogP contribution in [0.4, 0.5) is 10.5 Å². The number of ether oxygens (including phenoxy) is 1. The first kappa shape index (κ1) is 19.2. The number of rotatable bonds is 4. The Morgan fingerprint density at radius 2 is 1.86 bits per heavy atom. The van der Waals surface area contributed by atoms with Crippen LogP contribution in [0.2, 0.25) is 0 Å². The van der Waals surface area contributed by atoms with Gasteiger partial charge in [0, 0.05) is 5.56 Å². The average molecular weight is 374 g/mol. The Balaban J connectivity index is 1.70. The predicted molar refractivity (Wildman–Crippen MR) is 108 cm³/mol. The number of aromatic nitrogens is 1. The Hall–Kier alpha value is -3.52. The van der Waals surface area contributed by atoms with Gasteiger partial charge in [-0.1, -0.05) is 60.5 Å². The number of nitrogens with one attached hydrogen (secondary N) is 1. The van der Waals surface area contributed by atoms with Crippen molar-refractivity contribution >= 4 is 11.8 Å². The molecule has 1 aromatic heterocycles. The lowest BCUT2D eigenvalue weighted by Gasteiger charge is -2.13. The number of carbonyl (C=O) groups is 1. The van der Waals surface area contributed by atoms with Crippen molar-refractivity contribution in [3.05, 3.63) is 82.7 Å². The fraction of sp³-hybridized carbons (Fsp3) is 0.217. The van der Waals surface area contributed by atoms with Crippen LogP contribution in [0.5, 0.6) is 0 Å². The number of benzene rings is 2. The molecular formula is C23H22N2O3. The Morgan fingerprint density at radius 3 is 2.54 bits per heavy atom. The van der Waals surface area contributed by atoms with E-state index < -0.39 is 6.09 Å². The molecule has 2 aromatic carbocycles. The normalized spacial score (nSPS) is 11.2. The minimum Gasteiger partial charge on any atom is -0.441 e. The van der Waals surface area contributed by atoms with Gasteiger partial charge in [0.1, 0.15) is 17.5 Å². The summed E-state index contributed by atoms with van der Waals surface area (Å²) in [5.41, 5.74) is 3.98. The third-order valence-electron chi connectivity index (χ3n) is 4.33. The third-order valence-corrected chi connectivity index (χ3v) is 4.33. The molecule has 0 aliphatic rings. The molecule has 0 saturated carbocycles. The second-order valence-corrected chi connectivity index (χ2v) is 6.36. The lowest BCUT2D eigenvalue weighted by molar-refractivity contribution is 0.121. The molecule has 0 aliphatic carbocycles. The van der Waals surface area contributed by atoms with Gasteiger partial charge in [-0.25, -0.2) is 4.79 Å². The molecule has 142 valence electrons. The van der Waals surface area contributed by atoms with E-state index in [2.05, 4.69) is 29.2 Å². The second kappa shape index (κ2) is 8.92. The zero-order valence-corrected chi connectivity index (χ0v) is 16.2. The summed E-state index contributed by atoms with van der Waals surface area (Å²) < 4.78 is 10.7. The maximum Gasteiger partial charge on any atom is 0.412 e. The van der Waals surface area contributed by atoms with Crippen LogP contribution in [0.25, 0.3) is 0 Å². The molecule has 1 amide bonds. The fourth-order valence-corrected chi connectivity index (χ4v) is 2.64. The molecule has 28 heavy (non-hydrogen) atoms. The van der Waals surface area contributed by atoms with Crippen molar-refractivity contribution in [2.24, 2.45) is 0 Å². The molecular weight excluding hydrogens is 352 g/mol. The van der Waals surface area contributed by atoms with Crippen molar-refractivity contribution in [1.82, 2.24) is 5.16 Å². The number of aryl methyl sites for hydroxylation is 2. The Labute approximate surface area is 164 Å². The van der Waals surface area contributed by atoms with E-state index in [1.807, 2.05) is 61.5 Å². The van der Waals surface area contributed by atoms with Crippen LogP contribution in [0.3, 0.4) is 0 Å². The van der Waals surface area contributed by atoms with Gasteiger partial charge in [-0.2, -0.15) is 0 Å². The van der Waals surface area contributed by atoms with Gasteiger partial charge in [0.2, 0.25) is 5.76 Å². The molecule has 0 bridgehead atoms. The first-order chi connectivity index (χ1) is 13.6. The predicted octanol–water partition coefficient (Wildman–Crippen LogP) is 5.25. The number of nitrogens with zero attached hydrogens (tertiary/aromatic N) is 1. The highest BCUT2D eigenvalue weighted by Crippen LogP contribution is 2.22. The molecule has 3 rings (SSSR count). The average Bonchev–Trinajstić information content (AvgIpc) is 3.06. The molecule has 5 heteroatoms. The summed E-state index contributed by atoms with van der Waals surface area (Å²) in [6, 6.07) is 17.5. The highest BCUT2D eigenvalue weighted by molar-refractivity contribution is 5.87. The topological polar surface area (TPSA) is 64.4 Å². The molecule has 3 aromatic rings. The van der Waals surface area contributed by atoms with E-state index in [0.29, 0.717) is 17.1 Å². The Kier molecular flexibility index (Phi) is 6.13. The van der Waals surface area contributed by atoms with Crippen molar-refractivity contribution in [2.45, 2.75) is 33.3 Å². The van der Waals surface area contributed by atoms with E-state index >= 15 is 0 Å². The smallest absolute Gasteiger partial charge is 0.412 e. The molecule has 0 aliphatic heterocycles. The van der Waals surface area contributed by atoms with Crippen molar-refractivity contribution in [3.63, 3.8) is 0 Å². The molecule has 1 heterocycles. The summed E-state index contributed by atoms with van der Waals surface area (Å²) >= 11 is 0. The number of hydrogen-bond donors (Lipinski definition) is 1. The van der Waals surface area contributed by atoms with E-state index in [9.17, 15) is 4.79 Å². The Bertz CT molecular complexity index is 996. The minimum absolute atomic E-state index is 0.293. The fourth-order valence-electron chi connectivity index (χ4n) is 2.64. The molecule has 1 N–H and O–H groups in total. The molecule has 5 nitrogen and oxygen atoms in total. The van der Waals surface area contributed by atoms with E-state index in [1.54, 1.807) is 6.92 Å². The van der Waals surface area contributed by atoms with Gasteiger partial charge in [0.15, 0.2) is 0 Å². The molecule has 0 fully saturated rings. The van der Waals surface area contributed by atoms with Crippen molar-refractivity contribution in [2.75, 3.05) is 5.32 Å². The van der Waals surface area contributed by atoms with Gasteiger partial charge < -0.3 is 9.26 Å². The van der Waals surface area contributed by atoms with Crippen molar-refractivity contribution in [1.29, 1.82) is 0 Å². The summed E-state index contributed by atoms with van der Waals surface area (Å²) in [7, 11) is 0. The van der Waals surface area contributed by atoms with Gasteiger partial charge in [-0.05, 0) is 49.4 Å². The highest BCUT2D eigenvalue weighted by atomic mass is 16.6. The van der Waals surface area contributed by atoms with E-state index in [0.717, 1.165) is 17.5 Å². The maximum atomic E-state index is 12.3. The summed E-state index contributed by atoms with van der Waals surface area (Å²) in [5, 5.41) is 6.59. The molecule has 0 saturated heterocycles.